The molecule has 0 saturated carbocycles. The molecule has 1 aromatic carbocycles. The van der Waals surface area contributed by atoms with Crippen molar-refractivity contribution >= 4 is 5.97 Å². The van der Waals surface area contributed by atoms with Gasteiger partial charge in [0, 0.05) is 6.42 Å². The summed E-state index contributed by atoms with van der Waals surface area (Å²) >= 11 is 0. The maximum absolute atomic E-state index is 11.3. The van der Waals surface area contributed by atoms with Crippen LogP contribution >= 0.6 is 0 Å². The summed E-state index contributed by atoms with van der Waals surface area (Å²) in [6, 6.07) is 7.76. The molecule has 3 nitrogen and oxygen atoms in total. The second-order valence-corrected chi connectivity index (χ2v) is 4.37. The molecule has 0 saturated heterocycles. The van der Waals surface area contributed by atoms with Crippen molar-refractivity contribution in [2.75, 3.05) is 13.1 Å². The van der Waals surface area contributed by atoms with Gasteiger partial charge in [0.15, 0.2) is 0 Å². The smallest absolute Gasteiger partial charge is 0.311 e. The molecule has 3 heteroatoms. The Labute approximate surface area is 110 Å². The molecule has 1 rings (SSSR count). The molecule has 18 heavy (non-hydrogen) atoms. The van der Waals surface area contributed by atoms with Crippen molar-refractivity contribution < 1.29 is 9.53 Å². The van der Waals surface area contributed by atoms with Crippen LogP contribution < -0.4 is 10.1 Å². The monoisotopic (exact) mass is 249 g/mol. The summed E-state index contributed by atoms with van der Waals surface area (Å²) in [5.41, 5.74) is 1.26. The third kappa shape index (κ3) is 5.82. The van der Waals surface area contributed by atoms with Crippen LogP contribution in [0.1, 0.15) is 38.7 Å². The highest BCUT2D eigenvalue weighted by Gasteiger charge is 2.02. The van der Waals surface area contributed by atoms with E-state index in [1.54, 1.807) is 0 Å². The van der Waals surface area contributed by atoms with Crippen molar-refractivity contribution in [3.8, 4) is 5.75 Å². The maximum atomic E-state index is 11.3. The number of carbonyl (C=O) groups is 1. The minimum absolute atomic E-state index is 0.158. The summed E-state index contributed by atoms with van der Waals surface area (Å²) in [4.78, 5) is 11.3. The predicted molar refractivity (Wildman–Crippen MR) is 73.8 cm³/mol. The van der Waals surface area contributed by atoms with Gasteiger partial charge in [0.05, 0.1) is 0 Å². The average molecular weight is 249 g/mol. The minimum atomic E-state index is -0.158. The van der Waals surface area contributed by atoms with E-state index in [1.807, 2.05) is 31.2 Å². The molecule has 0 aliphatic rings. The molecule has 0 atom stereocenters. The molecule has 0 heterocycles. The number of esters is 1. The molecule has 0 spiro atoms. The fourth-order valence-corrected chi connectivity index (χ4v) is 1.65. The van der Waals surface area contributed by atoms with Crippen LogP contribution in [0.4, 0.5) is 0 Å². The van der Waals surface area contributed by atoms with Gasteiger partial charge in [-0.25, -0.2) is 0 Å². The molecule has 0 aliphatic heterocycles. The third-order valence-corrected chi connectivity index (χ3v) is 2.63. The van der Waals surface area contributed by atoms with Gasteiger partial charge < -0.3 is 10.1 Å². The minimum Gasteiger partial charge on any atom is -0.427 e. The van der Waals surface area contributed by atoms with Gasteiger partial charge in [-0.15, -0.1) is 0 Å². The van der Waals surface area contributed by atoms with Crippen molar-refractivity contribution in [3.63, 3.8) is 0 Å². The zero-order valence-corrected chi connectivity index (χ0v) is 11.4. The van der Waals surface area contributed by atoms with Gasteiger partial charge in [-0.2, -0.15) is 0 Å². The Morgan fingerprint density at radius 3 is 2.44 bits per heavy atom. The second-order valence-electron chi connectivity index (χ2n) is 4.37. The van der Waals surface area contributed by atoms with E-state index in [4.69, 9.17) is 4.74 Å². The first-order valence-corrected chi connectivity index (χ1v) is 6.76. The molecule has 0 aliphatic carbocycles. The fraction of sp³-hybridized carbons (Fsp3) is 0.533. The summed E-state index contributed by atoms with van der Waals surface area (Å²) in [5, 5.41) is 3.36. The zero-order chi connectivity index (χ0) is 13.2. The van der Waals surface area contributed by atoms with Crippen molar-refractivity contribution in [2.24, 2.45) is 0 Å². The largest absolute Gasteiger partial charge is 0.427 e. The van der Waals surface area contributed by atoms with Gasteiger partial charge in [-0.1, -0.05) is 26.0 Å². The standard InChI is InChI=1S/C15H23NO2/c1-3-5-15(17)18-14-8-6-13(7-9-14)10-12-16-11-4-2/h6-9,16H,3-5,10-12H2,1-2H3. The Hall–Kier alpha value is -1.35. The van der Waals surface area contributed by atoms with Crippen LogP contribution in [0, 0.1) is 0 Å². The average Bonchev–Trinajstić information content (AvgIpc) is 2.37. The summed E-state index contributed by atoms with van der Waals surface area (Å²) in [6.45, 7) is 6.18. The van der Waals surface area contributed by atoms with Crippen molar-refractivity contribution in [3.05, 3.63) is 29.8 Å². The predicted octanol–water partition coefficient (Wildman–Crippen LogP) is 2.93. The lowest BCUT2D eigenvalue weighted by molar-refractivity contribution is -0.134. The van der Waals surface area contributed by atoms with Crippen LogP contribution in [-0.2, 0) is 11.2 Å². The molecule has 0 bridgehead atoms. The molecular weight excluding hydrogens is 226 g/mol. The Kier molecular flexibility index (Phi) is 7.11. The second kappa shape index (κ2) is 8.70. The van der Waals surface area contributed by atoms with Crippen molar-refractivity contribution in [2.45, 2.75) is 39.5 Å². The van der Waals surface area contributed by atoms with Crippen molar-refractivity contribution in [1.29, 1.82) is 0 Å². The Bertz CT molecular complexity index is 346. The van der Waals surface area contributed by atoms with Gasteiger partial charge in [0.1, 0.15) is 5.75 Å². The summed E-state index contributed by atoms with van der Waals surface area (Å²) < 4.78 is 5.20. The molecule has 1 aromatic rings. The normalized spacial score (nSPS) is 10.3. The van der Waals surface area contributed by atoms with E-state index in [-0.39, 0.29) is 5.97 Å². The SMILES string of the molecule is CCCNCCc1ccc(OC(=O)CCC)cc1. The van der Waals surface area contributed by atoms with E-state index >= 15 is 0 Å². The van der Waals surface area contributed by atoms with Crippen LogP contribution in [0.2, 0.25) is 0 Å². The van der Waals surface area contributed by atoms with Crippen LogP contribution in [0.5, 0.6) is 5.75 Å². The molecule has 0 fully saturated rings. The van der Waals surface area contributed by atoms with E-state index in [2.05, 4.69) is 12.2 Å². The van der Waals surface area contributed by atoms with Gasteiger partial charge >= 0.3 is 5.97 Å². The molecule has 1 N–H and O–H groups in total. The number of ether oxygens (including phenoxy) is 1. The van der Waals surface area contributed by atoms with Gasteiger partial charge in [0.25, 0.3) is 0 Å². The quantitative estimate of drug-likeness (QED) is 0.437. The Balaban J connectivity index is 2.35. The van der Waals surface area contributed by atoms with Crippen LogP contribution in [0.25, 0.3) is 0 Å². The fourth-order valence-electron chi connectivity index (χ4n) is 1.65. The zero-order valence-electron chi connectivity index (χ0n) is 11.4. The number of rotatable bonds is 8. The number of benzene rings is 1. The maximum Gasteiger partial charge on any atom is 0.311 e. The number of hydrogen-bond donors (Lipinski definition) is 1. The van der Waals surface area contributed by atoms with Crippen molar-refractivity contribution in [1.82, 2.24) is 5.32 Å². The lowest BCUT2D eigenvalue weighted by Crippen LogP contribution is -2.17. The van der Waals surface area contributed by atoms with Gasteiger partial charge in [-0.3, -0.25) is 4.79 Å². The van der Waals surface area contributed by atoms with Gasteiger partial charge in [0.2, 0.25) is 0 Å². The Morgan fingerprint density at radius 1 is 1.11 bits per heavy atom. The van der Waals surface area contributed by atoms with Crippen LogP contribution in [0.15, 0.2) is 24.3 Å². The lowest BCUT2D eigenvalue weighted by atomic mass is 10.1. The lowest BCUT2D eigenvalue weighted by Gasteiger charge is -2.06. The first-order valence-electron chi connectivity index (χ1n) is 6.76. The van der Waals surface area contributed by atoms with E-state index in [1.165, 1.54) is 5.56 Å². The number of hydrogen-bond acceptors (Lipinski definition) is 3. The van der Waals surface area contributed by atoms with E-state index in [0.29, 0.717) is 12.2 Å². The van der Waals surface area contributed by atoms with E-state index < -0.39 is 0 Å². The summed E-state index contributed by atoms with van der Waals surface area (Å²) in [6.07, 6.45) is 3.46. The molecular formula is C15H23NO2. The number of nitrogens with one attached hydrogen (secondary N) is 1. The summed E-state index contributed by atoms with van der Waals surface area (Å²) in [5.74, 6) is 0.480. The highest BCUT2D eigenvalue weighted by atomic mass is 16.5. The van der Waals surface area contributed by atoms with Crippen LogP contribution in [-0.4, -0.2) is 19.1 Å². The summed E-state index contributed by atoms with van der Waals surface area (Å²) in [7, 11) is 0. The molecule has 0 unspecified atom stereocenters. The van der Waals surface area contributed by atoms with E-state index in [0.717, 1.165) is 32.4 Å². The Morgan fingerprint density at radius 2 is 1.83 bits per heavy atom. The number of carbonyl (C=O) groups excluding carboxylic acids is 1. The first kappa shape index (κ1) is 14.7. The highest BCUT2D eigenvalue weighted by Crippen LogP contribution is 2.13. The molecule has 0 radical (unpaired) electrons. The third-order valence-electron chi connectivity index (χ3n) is 2.63. The molecule has 0 amide bonds. The molecule has 100 valence electrons. The van der Waals surface area contributed by atoms with Gasteiger partial charge in [-0.05, 0) is 50.0 Å². The topological polar surface area (TPSA) is 38.3 Å². The van der Waals surface area contributed by atoms with Crippen LogP contribution in [0.3, 0.4) is 0 Å². The first-order chi connectivity index (χ1) is 8.76. The highest BCUT2D eigenvalue weighted by molar-refractivity contribution is 5.72. The van der Waals surface area contributed by atoms with E-state index in [9.17, 15) is 4.79 Å². The molecule has 0 aromatic heterocycles.